The van der Waals surface area contributed by atoms with Gasteiger partial charge in [0.25, 0.3) is 0 Å². The third-order valence-electron chi connectivity index (χ3n) is 4.05. The Morgan fingerprint density at radius 1 is 1.29 bits per heavy atom. The van der Waals surface area contributed by atoms with Crippen molar-refractivity contribution < 1.29 is 13.9 Å². The van der Waals surface area contributed by atoms with E-state index in [1.807, 2.05) is 29.1 Å². The smallest absolute Gasteiger partial charge is 0.232 e. The number of ether oxygens (including phenoxy) is 1. The van der Waals surface area contributed by atoms with E-state index in [0.29, 0.717) is 36.2 Å². The summed E-state index contributed by atoms with van der Waals surface area (Å²) in [6, 6.07) is 9.87. The highest BCUT2D eigenvalue weighted by molar-refractivity contribution is 7.99. The summed E-state index contributed by atoms with van der Waals surface area (Å²) in [6.45, 7) is 1.05. The second kappa shape index (κ2) is 9.70. The minimum Gasteiger partial charge on any atom is -0.494 e. The summed E-state index contributed by atoms with van der Waals surface area (Å²) in [5.74, 6) is 1.45. The average Bonchev–Trinajstić information content (AvgIpc) is 3.34. The van der Waals surface area contributed by atoms with E-state index in [2.05, 4.69) is 10.2 Å². The molecule has 2 heterocycles. The molecule has 0 aliphatic carbocycles. The van der Waals surface area contributed by atoms with Crippen LogP contribution in [0, 0.1) is 5.82 Å². The molecule has 0 saturated heterocycles. The molecule has 1 aromatic carbocycles. The van der Waals surface area contributed by atoms with E-state index >= 15 is 0 Å². The fourth-order valence-corrected chi connectivity index (χ4v) is 4.04. The Bertz CT molecular complexity index is 897. The predicted octanol–water partition coefficient (Wildman–Crippen LogP) is 3.70. The van der Waals surface area contributed by atoms with Crippen LogP contribution in [0.4, 0.5) is 4.39 Å². The first-order chi connectivity index (χ1) is 13.5. The van der Waals surface area contributed by atoms with Gasteiger partial charge in [-0.3, -0.25) is 4.79 Å². The van der Waals surface area contributed by atoms with Gasteiger partial charge in [0.2, 0.25) is 5.91 Å². The molecule has 2 aromatic heterocycles. The van der Waals surface area contributed by atoms with Crippen molar-refractivity contribution in [2.45, 2.75) is 11.6 Å². The van der Waals surface area contributed by atoms with Crippen molar-refractivity contribution in [3.05, 3.63) is 47.6 Å². The molecule has 28 heavy (non-hydrogen) atoms. The van der Waals surface area contributed by atoms with Crippen LogP contribution in [0.2, 0.25) is 0 Å². The summed E-state index contributed by atoms with van der Waals surface area (Å²) in [5.41, 5.74) is 0. The number of halogens is 1. The van der Waals surface area contributed by atoms with Crippen LogP contribution in [0.1, 0.15) is 6.42 Å². The average molecular weight is 421 g/mol. The van der Waals surface area contributed by atoms with Crippen LogP contribution in [-0.4, -0.2) is 51.5 Å². The highest BCUT2D eigenvalue weighted by Gasteiger charge is 2.15. The number of nitrogens with zero attached hydrogens (tertiary/aromatic N) is 4. The number of carbonyl (C=O) groups is 1. The van der Waals surface area contributed by atoms with Crippen molar-refractivity contribution >= 4 is 29.0 Å². The second-order valence-electron chi connectivity index (χ2n) is 6.10. The van der Waals surface area contributed by atoms with Gasteiger partial charge in [0.15, 0.2) is 11.0 Å². The van der Waals surface area contributed by atoms with Gasteiger partial charge in [0.1, 0.15) is 11.6 Å². The minimum absolute atomic E-state index is 0.0208. The molecular weight excluding hydrogens is 399 g/mol. The molecule has 0 spiro atoms. The lowest BCUT2D eigenvalue weighted by molar-refractivity contribution is -0.127. The Labute approximate surface area is 171 Å². The van der Waals surface area contributed by atoms with E-state index in [1.54, 1.807) is 35.4 Å². The summed E-state index contributed by atoms with van der Waals surface area (Å²) in [5, 5.41) is 11.1. The van der Waals surface area contributed by atoms with Crippen molar-refractivity contribution in [2.75, 3.05) is 26.0 Å². The largest absolute Gasteiger partial charge is 0.494 e. The first-order valence-corrected chi connectivity index (χ1v) is 10.6. The van der Waals surface area contributed by atoms with E-state index in [9.17, 15) is 9.18 Å². The fourth-order valence-electron chi connectivity index (χ4n) is 2.44. The molecule has 0 unspecified atom stereocenters. The number of hydrogen-bond donors (Lipinski definition) is 0. The van der Waals surface area contributed by atoms with Crippen LogP contribution >= 0.6 is 23.1 Å². The summed E-state index contributed by atoms with van der Waals surface area (Å²) in [7, 11) is 3.67. The number of carbonyl (C=O) groups excluding carboxylic acids is 1. The molecular formula is C19H21FN4O2S2. The van der Waals surface area contributed by atoms with Gasteiger partial charge in [0, 0.05) is 20.6 Å². The van der Waals surface area contributed by atoms with Crippen molar-refractivity contribution in [2.24, 2.45) is 7.05 Å². The molecule has 1 amide bonds. The van der Waals surface area contributed by atoms with Gasteiger partial charge in [-0.25, -0.2) is 4.39 Å². The van der Waals surface area contributed by atoms with Gasteiger partial charge in [0.05, 0.1) is 17.2 Å². The van der Waals surface area contributed by atoms with Gasteiger partial charge in [-0.15, -0.1) is 21.5 Å². The van der Waals surface area contributed by atoms with E-state index < -0.39 is 0 Å². The Morgan fingerprint density at radius 2 is 2.07 bits per heavy atom. The van der Waals surface area contributed by atoms with Gasteiger partial charge in [-0.2, -0.15) is 0 Å². The Morgan fingerprint density at radius 3 is 2.79 bits per heavy atom. The lowest BCUT2D eigenvalue weighted by Crippen LogP contribution is -2.30. The SMILES string of the molecule is CN(CCCOc1ccc(F)cc1)C(=O)CSc1nnc(-c2cccs2)n1C. The maximum absolute atomic E-state index is 12.9. The third-order valence-corrected chi connectivity index (χ3v) is 5.92. The zero-order chi connectivity index (χ0) is 19.9. The monoisotopic (exact) mass is 420 g/mol. The van der Waals surface area contributed by atoms with E-state index in [1.165, 1.54) is 23.9 Å². The van der Waals surface area contributed by atoms with Crippen molar-refractivity contribution in [3.8, 4) is 16.5 Å². The van der Waals surface area contributed by atoms with Crippen LogP contribution < -0.4 is 4.74 Å². The number of thioether (sulfide) groups is 1. The number of thiophene rings is 1. The zero-order valence-electron chi connectivity index (χ0n) is 15.7. The van der Waals surface area contributed by atoms with Crippen LogP contribution in [-0.2, 0) is 11.8 Å². The van der Waals surface area contributed by atoms with Gasteiger partial charge >= 0.3 is 0 Å². The van der Waals surface area contributed by atoms with Crippen molar-refractivity contribution in [1.82, 2.24) is 19.7 Å². The van der Waals surface area contributed by atoms with E-state index in [4.69, 9.17) is 4.74 Å². The molecule has 0 saturated carbocycles. The molecule has 0 atom stereocenters. The topological polar surface area (TPSA) is 60.2 Å². The zero-order valence-corrected chi connectivity index (χ0v) is 17.3. The summed E-state index contributed by atoms with van der Waals surface area (Å²) >= 11 is 2.98. The third kappa shape index (κ3) is 5.32. The molecule has 0 radical (unpaired) electrons. The van der Waals surface area contributed by atoms with Crippen LogP contribution in [0.15, 0.2) is 46.9 Å². The quantitative estimate of drug-likeness (QED) is 0.390. The first kappa shape index (κ1) is 20.3. The predicted molar refractivity (Wildman–Crippen MR) is 109 cm³/mol. The van der Waals surface area contributed by atoms with Crippen molar-refractivity contribution in [1.29, 1.82) is 0 Å². The molecule has 0 aliphatic heterocycles. The molecule has 0 N–H and O–H groups in total. The Balaban J connectivity index is 1.40. The highest BCUT2D eigenvalue weighted by atomic mass is 32.2. The maximum atomic E-state index is 12.9. The van der Waals surface area contributed by atoms with Gasteiger partial charge in [-0.1, -0.05) is 17.8 Å². The first-order valence-electron chi connectivity index (χ1n) is 8.73. The number of amides is 1. The van der Waals surface area contributed by atoms with Gasteiger partial charge in [-0.05, 0) is 42.1 Å². The lowest BCUT2D eigenvalue weighted by atomic mass is 10.3. The standard InChI is InChI=1S/C19H21FN4O2S2/c1-23(10-4-11-26-15-8-6-14(20)7-9-15)17(25)13-28-19-22-21-18(24(19)2)16-5-3-12-27-16/h3,5-9,12H,4,10-11,13H2,1-2H3. The minimum atomic E-state index is -0.291. The highest BCUT2D eigenvalue weighted by Crippen LogP contribution is 2.26. The van der Waals surface area contributed by atoms with E-state index in [0.717, 1.165) is 10.7 Å². The van der Waals surface area contributed by atoms with E-state index in [-0.39, 0.29) is 11.7 Å². The molecule has 0 bridgehead atoms. The van der Waals surface area contributed by atoms with Crippen LogP contribution in [0.5, 0.6) is 5.75 Å². The number of rotatable bonds is 9. The van der Waals surface area contributed by atoms with Crippen molar-refractivity contribution in [3.63, 3.8) is 0 Å². The fraction of sp³-hybridized carbons (Fsp3) is 0.316. The Hall–Kier alpha value is -2.39. The number of hydrogen-bond acceptors (Lipinski definition) is 6. The molecule has 3 aromatic rings. The molecule has 6 nitrogen and oxygen atoms in total. The molecule has 0 fully saturated rings. The molecule has 9 heteroatoms. The van der Waals surface area contributed by atoms with Gasteiger partial charge < -0.3 is 14.2 Å². The lowest BCUT2D eigenvalue weighted by Gasteiger charge is -2.17. The summed E-state index contributed by atoms with van der Waals surface area (Å²) in [6.07, 6.45) is 0.691. The van der Waals surface area contributed by atoms with Crippen LogP contribution in [0.25, 0.3) is 10.7 Å². The Kier molecular flexibility index (Phi) is 7.05. The summed E-state index contributed by atoms with van der Waals surface area (Å²) in [4.78, 5) is 15.1. The molecule has 0 aliphatic rings. The molecule has 3 rings (SSSR count). The van der Waals surface area contributed by atoms with Crippen LogP contribution in [0.3, 0.4) is 0 Å². The number of benzene rings is 1. The summed E-state index contributed by atoms with van der Waals surface area (Å²) < 4.78 is 20.3. The normalized spacial score (nSPS) is 10.8. The second-order valence-corrected chi connectivity index (χ2v) is 7.99. The maximum Gasteiger partial charge on any atom is 0.232 e. The number of aromatic nitrogens is 3. The molecule has 148 valence electrons.